The molecule has 1 atom stereocenters. The molecule has 0 aromatic heterocycles. The molecular weight excluding hydrogens is 204 g/mol. The van der Waals surface area contributed by atoms with Gasteiger partial charge in [0.2, 0.25) is 0 Å². The van der Waals surface area contributed by atoms with Crippen LogP contribution in [-0.4, -0.2) is 24.4 Å². The average Bonchev–Trinajstić information content (AvgIpc) is 3.11. The lowest BCUT2D eigenvalue weighted by atomic mass is 10.1. The second-order valence-corrected chi connectivity index (χ2v) is 3.89. The summed E-state index contributed by atoms with van der Waals surface area (Å²) in [6.45, 7) is 1.37. The van der Waals surface area contributed by atoms with E-state index in [0.29, 0.717) is 6.61 Å². The van der Waals surface area contributed by atoms with Crippen LogP contribution in [-0.2, 0) is 4.74 Å². The zero-order chi connectivity index (χ0) is 11.0. The highest BCUT2D eigenvalue weighted by atomic mass is 16.6. The molecule has 1 N–H and O–H groups in total. The molecule has 1 fully saturated rings. The summed E-state index contributed by atoms with van der Waals surface area (Å²) in [4.78, 5) is 0. The molecular formula is C13H12O3. The van der Waals surface area contributed by atoms with E-state index < -0.39 is 0 Å². The molecule has 1 aliphatic heterocycles. The van der Waals surface area contributed by atoms with Crippen molar-refractivity contribution in [2.75, 3.05) is 13.2 Å². The standard InChI is InChI=1S/C13H12O3/c14-12-5-1-4-11-10(12)3-2-6-13(11)16-8-9-7-15-9/h1-6,9,14H,7-8H2. The van der Waals surface area contributed by atoms with Gasteiger partial charge in [-0.1, -0.05) is 24.3 Å². The van der Waals surface area contributed by atoms with Crippen molar-refractivity contribution < 1.29 is 14.6 Å². The van der Waals surface area contributed by atoms with Crippen LogP contribution in [0.15, 0.2) is 36.4 Å². The molecule has 2 aromatic rings. The van der Waals surface area contributed by atoms with Gasteiger partial charge in [-0.2, -0.15) is 0 Å². The van der Waals surface area contributed by atoms with Crippen LogP contribution in [0.4, 0.5) is 0 Å². The number of phenols is 1. The second-order valence-electron chi connectivity index (χ2n) is 3.89. The minimum Gasteiger partial charge on any atom is -0.507 e. The minimum atomic E-state index is 0.243. The van der Waals surface area contributed by atoms with Crippen molar-refractivity contribution in [2.24, 2.45) is 0 Å². The van der Waals surface area contributed by atoms with Crippen molar-refractivity contribution in [1.29, 1.82) is 0 Å². The molecule has 0 aliphatic carbocycles. The lowest BCUT2D eigenvalue weighted by Gasteiger charge is -2.08. The molecule has 2 aromatic carbocycles. The van der Waals surface area contributed by atoms with Crippen LogP contribution in [0.3, 0.4) is 0 Å². The second kappa shape index (κ2) is 3.68. The number of benzene rings is 2. The third kappa shape index (κ3) is 1.70. The van der Waals surface area contributed by atoms with Gasteiger partial charge in [0.15, 0.2) is 0 Å². The SMILES string of the molecule is Oc1cccc2c(OCC3CO3)cccc12. The Morgan fingerprint density at radius 3 is 2.75 bits per heavy atom. The van der Waals surface area contributed by atoms with Crippen molar-refractivity contribution in [3.63, 3.8) is 0 Å². The van der Waals surface area contributed by atoms with Crippen molar-refractivity contribution in [2.45, 2.75) is 6.10 Å². The zero-order valence-electron chi connectivity index (χ0n) is 8.72. The summed E-state index contributed by atoms with van der Waals surface area (Å²) in [6.07, 6.45) is 0.243. The number of hydrogen-bond donors (Lipinski definition) is 1. The first-order chi connectivity index (χ1) is 7.84. The van der Waals surface area contributed by atoms with Gasteiger partial charge in [0.25, 0.3) is 0 Å². The molecule has 0 saturated carbocycles. The van der Waals surface area contributed by atoms with E-state index in [1.165, 1.54) is 0 Å². The van der Waals surface area contributed by atoms with Crippen LogP contribution in [0.1, 0.15) is 0 Å². The number of hydrogen-bond acceptors (Lipinski definition) is 3. The highest BCUT2D eigenvalue weighted by Gasteiger charge is 2.23. The molecule has 3 nitrogen and oxygen atoms in total. The Kier molecular flexibility index (Phi) is 2.18. The first-order valence-electron chi connectivity index (χ1n) is 5.30. The first-order valence-corrected chi connectivity index (χ1v) is 5.30. The number of ether oxygens (including phenoxy) is 2. The van der Waals surface area contributed by atoms with Crippen LogP contribution < -0.4 is 4.74 Å². The lowest BCUT2D eigenvalue weighted by Crippen LogP contribution is -2.04. The summed E-state index contributed by atoms with van der Waals surface area (Å²) in [7, 11) is 0. The quantitative estimate of drug-likeness (QED) is 0.800. The van der Waals surface area contributed by atoms with Crippen molar-refractivity contribution in [1.82, 2.24) is 0 Å². The Labute approximate surface area is 93.2 Å². The molecule has 1 unspecified atom stereocenters. The largest absolute Gasteiger partial charge is 0.507 e. The van der Waals surface area contributed by atoms with Crippen LogP contribution in [0.2, 0.25) is 0 Å². The summed E-state index contributed by atoms with van der Waals surface area (Å²) in [6, 6.07) is 11.1. The summed E-state index contributed by atoms with van der Waals surface area (Å²) < 4.78 is 10.8. The Balaban J connectivity index is 1.99. The lowest BCUT2D eigenvalue weighted by molar-refractivity contribution is 0.265. The highest BCUT2D eigenvalue weighted by Crippen LogP contribution is 2.31. The van der Waals surface area contributed by atoms with Gasteiger partial charge in [0.1, 0.15) is 24.2 Å². The Bertz CT molecular complexity index is 518. The number of fused-ring (bicyclic) bond motifs is 1. The van der Waals surface area contributed by atoms with Gasteiger partial charge in [-0.3, -0.25) is 0 Å². The number of epoxide rings is 1. The number of aromatic hydroxyl groups is 1. The smallest absolute Gasteiger partial charge is 0.127 e. The Morgan fingerprint density at radius 2 is 1.94 bits per heavy atom. The van der Waals surface area contributed by atoms with E-state index >= 15 is 0 Å². The third-order valence-corrected chi connectivity index (χ3v) is 2.69. The fourth-order valence-electron chi connectivity index (χ4n) is 1.74. The third-order valence-electron chi connectivity index (χ3n) is 2.69. The minimum absolute atomic E-state index is 0.243. The fourth-order valence-corrected chi connectivity index (χ4v) is 1.74. The van der Waals surface area contributed by atoms with Gasteiger partial charge in [-0.25, -0.2) is 0 Å². The molecule has 0 radical (unpaired) electrons. The van der Waals surface area contributed by atoms with E-state index in [4.69, 9.17) is 9.47 Å². The molecule has 0 amide bonds. The van der Waals surface area contributed by atoms with E-state index in [1.54, 1.807) is 6.07 Å². The molecule has 0 bridgehead atoms. The van der Waals surface area contributed by atoms with Gasteiger partial charge in [0, 0.05) is 10.8 Å². The number of rotatable bonds is 3. The van der Waals surface area contributed by atoms with Crippen LogP contribution in [0.5, 0.6) is 11.5 Å². The van der Waals surface area contributed by atoms with Crippen molar-refractivity contribution in [3.05, 3.63) is 36.4 Å². The monoisotopic (exact) mass is 216 g/mol. The molecule has 82 valence electrons. The Hall–Kier alpha value is -1.74. The van der Waals surface area contributed by atoms with Gasteiger partial charge in [-0.05, 0) is 12.1 Å². The van der Waals surface area contributed by atoms with E-state index in [-0.39, 0.29) is 11.9 Å². The van der Waals surface area contributed by atoms with Crippen molar-refractivity contribution >= 4 is 10.8 Å². The van der Waals surface area contributed by atoms with Crippen LogP contribution >= 0.6 is 0 Å². The molecule has 1 heterocycles. The molecule has 3 heteroatoms. The maximum atomic E-state index is 9.71. The van der Waals surface area contributed by atoms with Crippen LogP contribution in [0, 0.1) is 0 Å². The molecule has 1 saturated heterocycles. The summed E-state index contributed by atoms with van der Waals surface area (Å²) in [5, 5.41) is 11.5. The summed E-state index contributed by atoms with van der Waals surface area (Å²) >= 11 is 0. The topological polar surface area (TPSA) is 42.0 Å². The maximum absolute atomic E-state index is 9.71. The Morgan fingerprint density at radius 1 is 1.19 bits per heavy atom. The molecule has 0 spiro atoms. The average molecular weight is 216 g/mol. The van der Waals surface area contributed by atoms with Gasteiger partial charge < -0.3 is 14.6 Å². The zero-order valence-corrected chi connectivity index (χ0v) is 8.72. The van der Waals surface area contributed by atoms with Gasteiger partial charge >= 0.3 is 0 Å². The fraction of sp³-hybridized carbons (Fsp3) is 0.231. The van der Waals surface area contributed by atoms with E-state index in [0.717, 1.165) is 23.1 Å². The van der Waals surface area contributed by atoms with E-state index in [1.807, 2.05) is 30.3 Å². The van der Waals surface area contributed by atoms with E-state index in [2.05, 4.69) is 0 Å². The van der Waals surface area contributed by atoms with Gasteiger partial charge in [-0.15, -0.1) is 0 Å². The summed E-state index contributed by atoms with van der Waals surface area (Å²) in [5.41, 5.74) is 0. The molecule has 1 aliphatic rings. The maximum Gasteiger partial charge on any atom is 0.127 e. The predicted octanol–water partition coefficient (Wildman–Crippen LogP) is 2.32. The molecule has 3 rings (SSSR count). The normalized spacial score (nSPS) is 18.6. The number of phenolic OH excluding ortho intramolecular Hbond substituents is 1. The summed E-state index contributed by atoms with van der Waals surface area (Å²) in [5.74, 6) is 1.08. The van der Waals surface area contributed by atoms with Crippen molar-refractivity contribution in [3.8, 4) is 11.5 Å². The predicted molar refractivity (Wildman–Crippen MR) is 60.8 cm³/mol. The highest BCUT2D eigenvalue weighted by molar-refractivity contribution is 5.92. The first kappa shape index (κ1) is 9.48. The van der Waals surface area contributed by atoms with E-state index in [9.17, 15) is 5.11 Å². The van der Waals surface area contributed by atoms with Gasteiger partial charge in [0.05, 0.1) is 6.61 Å². The molecule has 16 heavy (non-hydrogen) atoms. The van der Waals surface area contributed by atoms with Crippen LogP contribution in [0.25, 0.3) is 10.8 Å².